The number of nitrogens with one attached hydrogen (secondary N) is 1. The smallest absolute Gasteiger partial charge is 0.375 e. The first-order chi connectivity index (χ1) is 11.5. The first-order valence-corrected chi connectivity index (χ1v) is 8.83. The summed E-state index contributed by atoms with van der Waals surface area (Å²) in [6.07, 6.45) is -4.73. The number of sulfonamides is 1. The van der Waals surface area contributed by atoms with Gasteiger partial charge in [-0.15, -0.1) is 4.83 Å². The fourth-order valence-electron chi connectivity index (χ4n) is 1.91. The molecule has 2 aromatic carbocycles. The lowest BCUT2D eigenvalue weighted by Gasteiger charge is -2.26. The number of halogens is 4. The van der Waals surface area contributed by atoms with Crippen molar-refractivity contribution in [3.63, 3.8) is 0 Å². The second-order valence-corrected chi connectivity index (χ2v) is 7.25. The molecule has 0 bridgehead atoms. The van der Waals surface area contributed by atoms with Gasteiger partial charge in [0.05, 0.1) is 16.1 Å². The second kappa shape index (κ2) is 7.16. The molecule has 0 amide bonds. The molecule has 0 radical (unpaired) electrons. The molecule has 134 valence electrons. The van der Waals surface area contributed by atoms with Gasteiger partial charge in [-0.1, -0.05) is 23.7 Å². The summed E-state index contributed by atoms with van der Waals surface area (Å²) in [6.45, 7) is 0. The van der Waals surface area contributed by atoms with E-state index in [0.717, 1.165) is 18.2 Å². The van der Waals surface area contributed by atoms with Gasteiger partial charge in [-0.05, 0) is 48.6 Å². The molecular formula is C14H11ClF3N3O2S2. The highest BCUT2D eigenvalue weighted by Crippen LogP contribution is 2.36. The minimum Gasteiger partial charge on any atom is -0.375 e. The van der Waals surface area contributed by atoms with Crippen molar-refractivity contribution >= 4 is 44.6 Å². The van der Waals surface area contributed by atoms with Gasteiger partial charge >= 0.3 is 6.18 Å². The summed E-state index contributed by atoms with van der Waals surface area (Å²) in [4.78, 5) is 1.73. The van der Waals surface area contributed by atoms with E-state index in [0.29, 0.717) is 10.0 Å². The van der Waals surface area contributed by atoms with Crippen LogP contribution in [0.5, 0.6) is 0 Å². The maximum absolute atomic E-state index is 13.2. The van der Waals surface area contributed by atoms with Crippen LogP contribution in [0.2, 0.25) is 5.02 Å². The molecule has 25 heavy (non-hydrogen) atoms. The van der Waals surface area contributed by atoms with Crippen LogP contribution in [0.3, 0.4) is 0 Å². The summed E-state index contributed by atoms with van der Waals surface area (Å²) < 4.78 is 64.3. The Morgan fingerprint density at radius 3 is 2.20 bits per heavy atom. The minimum atomic E-state index is -4.73. The summed E-state index contributed by atoms with van der Waals surface area (Å²) in [5, 5.41) is 0.184. The Labute approximate surface area is 152 Å². The van der Waals surface area contributed by atoms with Gasteiger partial charge in [0.1, 0.15) is 0 Å². The molecule has 0 fully saturated rings. The SMILES string of the molecule is NC(=S)N(NS(=O)(=O)c1ccc(Cl)cc1)c1ccccc1C(F)(F)F. The summed E-state index contributed by atoms with van der Waals surface area (Å²) in [5.41, 5.74) is 3.79. The molecule has 2 aromatic rings. The molecule has 0 atom stereocenters. The van der Waals surface area contributed by atoms with Crippen LogP contribution >= 0.6 is 23.8 Å². The van der Waals surface area contributed by atoms with E-state index in [1.807, 2.05) is 4.83 Å². The van der Waals surface area contributed by atoms with Crippen molar-refractivity contribution < 1.29 is 21.6 Å². The van der Waals surface area contributed by atoms with Crippen LogP contribution in [0.15, 0.2) is 53.4 Å². The molecule has 3 N–H and O–H groups in total. The topological polar surface area (TPSA) is 75.4 Å². The molecular weight excluding hydrogens is 399 g/mol. The molecule has 2 rings (SSSR count). The highest BCUT2D eigenvalue weighted by molar-refractivity contribution is 7.89. The fourth-order valence-corrected chi connectivity index (χ4v) is 3.27. The largest absolute Gasteiger partial charge is 0.418 e. The van der Waals surface area contributed by atoms with Crippen LogP contribution in [0, 0.1) is 0 Å². The van der Waals surface area contributed by atoms with Crippen molar-refractivity contribution in [2.24, 2.45) is 5.73 Å². The van der Waals surface area contributed by atoms with Crippen LogP contribution in [-0.2, 0) is 16.2 Å². The molecule has 0 aliphatic heterocycles. The van der Waals surface area contributed by atoms with Gasteiger partial charge in [0.25, 0.3) is 10.0 Å². The molecule has 0 aromatic heterocycles. The molecule has 0 saturated heterocycles. The molecule has 5 nitrogen and oxygen atoms in total. The average molecular weight is 410 g/mol. The van der Waals surface area contributed by atoms with Crippen molar-refractivity contribution in [1.29, 1.82) is 0 Å². The summed E-state index contributed by atoms with van der Waals surface area (Å²) >= 11 is 10.4. The van der Waals surface area contributed by atoms with Crippen LogP contribution in [0.4, 0.5) is 18.9 Å². The van der Waals surface area contributed by atoms with Gasteiger partial charge < -0.3 is 5.73 Å². The number of nitrogens with zero attached hydrogens (tertiary/aromatic N) is 1. The zero-order valence-electron chi connectivity index (χ0n) is 12.3. The predicted molar refractivity (Wildman–Crippen MR) is 92.5 cm³/mol. The number of hydrazine groups is 1. The zero-order chi connectivity index (χ0) is 18.8. The molecule has 0 unspecified atom stereocenters. The first kappa shape index (κ1) is 19.4. The molecule has 0 aliphatic carbocycles. The maximum atomic E-state index is 13.2. The Balaban J connectivity index is 2.47. The standard InChI is InChI=1S/C14H11ClF3N3O2S2/c15-9-5-7-10(8-6-9)25(22,23)20-21(13(19)24)12-4-2-1-3-11(12)14(16,17)18/h1-8,20H,(H2,19,24). The summed E-state index contributed by atoms with van der Waals surface area (Å²) in [6, 6.07) is 9.33. The minimum absolute atomic E-state index is 0.220. The number of benzene rings is 2. The lowest BCUT2D eigenvalue weighted by molar-refractivity contribution is -0.137. The molecule has 0 saturated carbocycles. The van der Waals surface area contributed by atoms with Gasteiger partial charge in [0.15, 0.2) is 5.11 Å². The molecule has 0 spiro atoms. The number of anilines is 1. The van der Waals surface area contributed by atoms with E-state index in [2.05, 4.69) is 0 Å². The van der Waals surface area contributed by atoms with Crippen molar-refractivity contribution in [3.8, 4) is 0 Å². The quantitative estimate of drug-likeness (QED) is 0.598. The first-order valence-electron chi connectivity index (χ1n) is 6.56. The number of para-hydroxylation sites is 1. The van der Waals surface area contributed by atoms with E-state index in [-0.39, 0.29) is 4.90 Å². The van der Waals surface area contributed by atoms with E-state index >= 15 is 0 Å². The van der Waals surface area contributed by atoms with Gasteiger partial charge in [-0.2, -0.15) is 13.2 Å². The number of rotatable bonds is 4. The fraction of sp³-hybridized carbons (Fsp3) is 0.0714. The number of hydrogen-bond acceptors (Lipinski definition) is 3. The highest BCUT2D eigenvalue weighted by Gasteiger charge is 2.36. The predicted octanol–water partition coefficient (Wildman–Crippen LogP) is 3.30. The van der Waals surface area contributed by atoms with Crippen LogP contribution in [0.25, 0.3) is 0 Å². The number of nitrogens with two attached hydrogens (primary N) is 1. The molecule has 0 heterocycles. The maximum Gasteiger partial charge on any atom is 0.418 e. The average Bonchev–Trinajstić information content (AvgIpc) is 2.52. The van der Waals surface area contributed by atoms with E-state index in [1.54, 1.807) is 0 Å². The van der Waals surface area contributed by atoms with Gasteiger partial charge in [0, 0.05) is 5.02 Å². The number of hydrogen-bond donors (Lipinski definition) is 2. The third-order valence-corrected chi connectivity index (χ3v) is 4.76. The van der Waals surface area contributed by atoms with E-state index < -0.39 is 32.6 Å². The van der Waals surface area contributed by atoms with Gasteiger partial charge in [0.2, 0.25) is 0 Å². The van der Waals surface area contributed by atoms with Gasteiger partial charge in [-0.3, -0.25) is 0 Å². The summed E-state index contributed by atoms with van der Waals surface area (Å²) in [7, 11) is -4.25. The van der Waals surface area contributed by atoms with E-state index in [9.17, 15) is 21.6 Å². The second-order valence-electron chi connectivity index (χ2n) is 4.74. The Morgan fingerprint density at radius 2 is 1.68 bits per heavy atom. The Hall–Kier alpha value is -1.88. The lowest BCUT2D eigenvalue weighted by Crippen LogP contribution is -2.49. The van der Waals surface area contributed by atoms with Crippen LogP contribution in [0.1, 0.15) is 5.56 Å². The molecule has 11 heteroatoms. The van der Waals surface area contributed by atoms with Crippen LogP contribution in [-0.4, -0.2) is 13.5 Å². The van der Waals surface area contributed by atoms with Crippen molar-refractivity contribution in [1.82, 2.24) is 4.83 Å². The monoisotopic (exact) mass is 409 g/mol. The van der Waals surface area contributed by atoms with Crippen molar-refractivity contribution in [3.05, 3.63) is 59.1 Å². The normalized spacial score (nSPS) is 12.0. The third-order valence-electron chi connectivity index (χ3n) is 3.01. The van der Waals surface area contributed by atoms with Crippen LogP contribution < -0.4 is 15.6 Å². The third kappa shape index (κ3) is 4.60. The van der Waals surface area contributed by atoms with E-state index in [4.69, 9.17) is 29.6 Å². The summed E-state index contributed by atoms with van der Waals surface area (Å²) in [5.74, 6) is 0. The van der Waals surface area contributed by atoms with Gasteiger partial charge in [-0.25, -0.2) is 13.4 Å². The lowest BCUT2D eigenvalue weighted by atomic mass is 10.1. The van der Waals surface area contributed by atoms with Crippen molar-refractivity contribution in [2.75, 3.05) is 5.01 Å². The Bertz CT molecular complexity index is 887. The highest BCUT2D eigenvalue weighted by atomic mass is 35.5. The Morgan fingerprint density at radius 1 is 1.12 bits per heavy atom. The van der Waals surface area contributed by atoms with E-state index in [1.165, 1.54) is 30.3 Å². The van der Waals surface area contributed by atoms with Crippen molar-refractivity contribution in [2.45, 2.75) is 11.1 Å². The number of alkyl halides is 3. The zero-order valence-corrected chi connectivity index (χ0v) is 14.7. The number of thiocarbonyl (C=S) groups is 1. The molecule has 0 aliphatic rings. The Kier molecular flexibility index (Phi) is 5.57.